The molecule has 0 aliphatic carbocycles. The van der Waals surface area contributed by atoms with Crippen molar-refractivity contribution in [3.05, 3.63) is 72.4 Å². The molecule has 0 saturated carbocycles. The first-order valence-corrected chi connectivity index (χ1v) is 9.16. The van der Waals surface area contributed by atoms with E-state index >= 15 is 0 Å². The van der Waals surface area contributed by atoms with Gasteiger partial charge < -0.3 is 10.2 Å². The molecule has 138 valence electrons. The monoisotopic (exact) mass is 360 g/mol. The lowest BCUT2D eigenvalue weighted by Crippen LogP contribution is -2.31. The molecule has 2 aromatic carbocycles. The van der Waals surface area contributed by atoms with Crippen LogP contribution in [0.1, 0.15) is 31.3 Å². The maximum atomic E-state index is 12.6. The van der Waals surface area contributed by atoms with Crippen molar-refractivity contribution in [3.63, 3.8) is 0 Å². The van der Waals surface area contributed by atoms with Crippen molar-refractivity contribution >= 4 is 17.4 Å². The van der Waals surface area contributed by atoms with Crippen molar-refractivity contribution in [1.82, 2.24) is 15.3 Å². The molecule has 5 heteroatoms. The highest BCUT2D eigenvalue weighted by Gasteiger charge is 2.17. The first-order chi connectivity index (χ1) is 13.1. The molecule has 0 spiro atoms. The average Bonchev–Trinajstić information content (AvgIpc) is 2.69. The summed E-state index contributed by atoms with van der Waals surface area (Å²) >= 11 is 0. The zero-order chi connectivity index (χ0) is 19.2. The maximum Gasteiger partial charge on any atom is 0.270 e. The number of amides is 1. The predicted molar refractivity (Wildman–Crippen MR) is 109 cm³/mol. The molecule has 1 amide bonds. The van der Waals surface area contributed by atoms with Crippen LogP contribution >= 0.6 is 0 Å². The van der Waals surface area contributed by atoms with Crippen molar-refractivity contribution in [2.45, 2.75) is 26.8 Å². The molecule has 0 bridgehead atoms. The number of aromatic nitrogens is 2. The predicted octanol–water partition coefficient (Wildman–Crippen LogP) is 4.44. The number of carbonyl (C=O) groups excluding carboxylic acids is 1. The van der Waals surface area contributed by atoms with Gasteiger partial charge in [0, 0.05) is 29.9 Å². The minimum Gasteiger partial charge on any atom is -0.349 e. The lowest BCUT2D eigenvalue weighted by atomic mass is 10.2. The lowest BCUT2D eigenvalue weighted by molar-refractivity contribution is 0.0938. The standard InChI is InChI=1S/C22H24N4O/c1-4-26(18-13-9-6-10-14-18)20-15-19(22(27)23-16(2)3)24-21(25-20)17-11-7-5-8-12-17/h5-16H,4H2,1-3H3,(H,23,27). The Labute approximate surface area is 160 Å². The normalized spacial score (nSPS) is 10.7. The quantitative estimate of drug-likeness (QED) is 0.706. The SMILES string of the molecule is CCN(c1ccccc1)c1cc(C(=O)NC(C)C)nc(-c2ccccc2)n1. The van der Waals surface area contributed by atoms with E-state index in [0.717, 1.165) is 17.8 Å². The van der Waals surface area contributed by atoms with Gasteiger partial charge in [-0.05, 0) is 32.9 Å². The Hall–Kier alpha value is -3.21. The smallest absolute Gasteiger partial charge is 0.270 e. The minimum atomic E-state index is -0.199. The van der Waals surface area contributed by atoms with E-state index in [1.165, 1.54) is 0 Å². The van der Waals surface area contributed by atoms with Crippen molar-refractivity contribution in [2.75, 3.05) is 11.4 Å². The van der Waals surface area contributed by atoms with Crippen molar-refractivity contribution in [1.29, 1.82) is 0 Å². The zero-order valence-corrected chi connectivity index (χ0v) is 15.9. The van der Waals surface area contributed by atoms with E-state index < -0.39 is 0 Å². The lowest BCUT2D eigenvalue weighted by Gasteiger charge is -2.23. The Balaban J connectivity index is 2.10. The van der Waals surface area contributed by atoms with Crippen LogP contribution in [0.4, 0.5) is 11.5 Å². The van der Waals surface area contributed by atoms with Crippen LogP contribution in [0.15, 0.2) is 66.7 Å². The number of carbonyl (C=O) groups is 1. The molecule has 27 heavy (non-hydrogen) atoms. The molecule has 0 unspecified atom stereocenters. The Morgan fingerprint density at radius 2 is 1.63 bits per heavy atom. The summed E-state index contributed by atoms with van der Waals surface area (Å²) in [7, 11) is 0. The summed E-state index contributed by atoms with van der Waals surface area (Å²) < 4.78 is 0. The van der Waals surface area contributed by atoms with Crippen LogP contribution in [0.3, 0.4) is 0 Å². The second kappa shape index (κ2) is 8.45. The topological polar surface area (TPSA) is 58.1 Å². The van der Waals surface area contributed by atoms with Crippen LogP contribution in [0.25, 0.3) is 11.4 Å². The Morgan fingerprint density at radius 3 is 2.22 bits per heavy atom. The molecule has 5 nitrogen and oxygen atoms in total. The van der Waals surface area contributed by atoms with Gasteiger partial charge in [0.05, 0.1) is 0 Å². The maximum absolute atomic E-state index is 12.6. The molecule has 0 fully saturated rings. The second-order valence-electron chi connectivity index (χ2n) is 6.51. The number of hydrogen-bond donors (Lipinski definition) is 1. The summed E-state index contributed by atoms with van der Waals surface area (Å²) in [6.45, 7) is 6.65. The Bertz CT molecular complexity index is 895. The average molecular weight is 360 g/mol. The molecule has 0 saturated heterocycles. The van der Waals surface area contributed by atoms with E-state index in [0.29, 0.717) is 17.3 Å². The number of nitrogens with zero attached hydrogens (tertiary/aromatic N) is 3. The highest BCUT2D eigenvalue weighted by molar-refractivity contribution is 5.93. The third kappa shape index (κ3) is 4.50. The summed E-state index contributed by atoms with van der Waals surface area (Å²) in [6.07, 6.45) is 0. The largest absolute Gasteiger partial charge is 0.349 e. The second-order valence-corrected chi connectivity index (χ2v) is 6.51. The summed E-state index contributed by atoms with van der Waals surface area (Å²) in [5.74, 6) is 1.04. The van der Waals surface area contributed by atoms with Crippen LogP contribution in [0.5, 0.6) is 0 Å². The van der Waals surface area contributed by atoms with E-state index in [2.05, 4.69) is 22.1 Å². The van der Waals surface area contributed by atoms with E-state index in [-0.39, 0.29) is 11.9 Å². The Kier molecular flexibility index (Phi) is 5.81. The fourth-order valence-electron chi connectivity index (χ4n) is 2.83. The van der Waals surface area contributed by atoms with Gasteiger partial charge in [0.1, 0.15) is 11.5 Å². The number of para-hydroxylation sites is 1. The molecule has 0 radical (unpaired) electrons. The van der Waals surface area contributed by atoms with Gasteiger partial charge in [0.15, 0.2) is 5.82 Å². The molecular weight excluding hydrogens is 336 g/mol. The molecule has 1 aromatic heterocycles. The van der Waals surface area contributed by atoms with Crippen molar-refractivity contribution < 1.29 is 4.79 Å². The summed E-state index contributed by atoms with van der Waals surface area (Å²) in [5, 5.41) is 2.91. The third-order valence-electron chi connectivity index (χ3n) is 4.06. The number of hydrogen-bond acceptors (Lipinski definition) is 4. The molecule has 0 aliphatic heterocycles. The van der Waals surface area contributed by atoms with Gasteiger partial charge in [-0.3, -0.25) is 4.79 Å². The fraction of sp³-hybridized carbons (Fsp3) is 0.227. The van der Waals surface area contributed by atoms with Gasteiger partial charge in [-0.15, -0.1) is 0 Å². The van der Waals surface area contributed by atoms with Crippen LogP contribution in [-0.4, -0.2) is 28.5 Å². The fourth-order valence-corrected chi connectivity index (χ4v) is 2.83. The first kappa shape index (κ1) is 18.6. The van der Waals surface area contributed by atoms with Crippen molar-refractivity contribution in [2.24, 2.45) is 0 Å². The van der Waals surface area contributed by atoms with Gasteiger partial charge in [-0.25, -0.2) is 9.97 Å². The van der Waals surface area contributed by atoms with Crippen LogP contribution in [0.2, 0.25) is 0 Å². The van der Waals surface area contributed by atoms with Gasteiger partial charge in [0.25, 0.3) is 5.91 Å². The molecule has 1 N–H and O–H groups in total. The first-order valence-electron chi connectivity index (χ1n) is 9.16. The number of rotatable bonds is 6. The molecule has 0 aliphatic rings. The molecule has 1 heterocycles. The van der Waals surface area contributed by atoms with Gasteiger partial charge in [-0.2, -0.15) is 0 Å². The van der Waals surface area contributed by atoms with E-state index in [1.54, 1.807) is 6.07 Å². The minimum absolute atomic E-state index is 0.0347. The Morgan fingerprint density at radius 1 is 1.00 bits per heavy atom. The molecule has 3 aromatic rings. The summed E-state index contributed by atoms with van der Waals surface area (Å²) in [6, 6.07) is 21.5. The van der Waals surface area contributed by atoms with Gasteiger partial charge in [0.2, 0.25) is 0 Å². The van der Waals surface area contributed by atoms with E-state index in [9.17, 15) is 4.79 Å². The summed E-state index contributed by atoms with van der Waals surface area (Å²) in [4.78, 5) is 24.0. The molecule has 0 atom stereocenters. The molecular formula is C22H24N4O. The zero-order valence-electron chi connectivity index (χ0n) is 15.9. The van der Waals surface area contributed by atoms with Crippen LogP contribution in [-0.2, 0) is 0 Å². The third-order valence-corrected chi connectivity index (χ3v) is 4.06. The van der Waals surface area contributed by atoms with Gasteiger partial charge >= 0.3 is 0 Å². The molecule has 3 rings (SSSR count). The number of benzene rings is 2. The highest BCUT2D eigenvalue weighted by Crippen LogP contribution is 2.26. The highest BCUT2D eigenvalue weighted by atomic mass is 16.1. The van der Waals surface area contributed by atoms with Crippen LogP contribution in [0, 0.1) is 0 Å². The van der Waals surface area contributed by atoms with Crippen LogP contribution < -0.4 is 10.2 Å². The van der Waals surface area contributed by atoms with E-state index in [4.69, 9.17) is 4.98 Å². The van der Waals surface area contributed by atoms with E-state index in [1.807, 2.05) is 74.5 Å². The van der Waals surface area contributed by atoms with Crippen molar-refractivity contribution in [3.8, 4) is 11.4 Å². The summed E-state index contributed by atoms with van der Waals surface area (Å²) in [5.41, 5.74) is 2.26. The number of nitrogens with one attached hydrogen (secondary N) is 1. The number of anilines is 2. The van der Waals surface area contributed by atoms with Gasteiger partial charge in [-0.1, -0.05) is 48.5 Å².